The molecular formula is C45H72NO8P. The lowest BCUT2D eigenvalue weighted by Crippen LogP contribution is -2.29. The van der Waals surface area contributed by atoms with Crippen LogP contribution in [0.1, 0.15) is 129 Å². The minimum absolute atomic E-state index is 0.0308. The number of phosphoric ester groups is 1. The lowest BCUT2D eigenvalue weighted by molar-refractivity contribution is -0.161. The molecule has 3 N–H and O–H groups in total. The lowest BCUT2D eigenvalue weighted by Gasteiger charge is -2.19. The normalized spacial score (nSPS) is 14.5. The van der Waals surface area contributed by atoms with Crippen molar-refractivity contribution in [1.82, 2.24) is 0 Å². The molecule has 310 valence electrons. The monoisotopic (exact) mass is 785 g/mol. The van der Waals surface area contributed by atoms with Crippen molar-refractivity contribution < 1.29 is 37.6 Å². The second kappa shape index (κ2) is 40.3. The molecule has 2 unspecified atom stereocenters. The van der Waals surface area contributed by atoms with E-state index in [1.165, 1.54) is 19.3 Å². The highest BCUT2D eigenvalue weighted by molar-refractivity contribution is 7.47. The third-order valence-electron chi connectivity index (χ3n) is 7.64. The predicted octanol–water partition coefficient (Wildman–Crippen LogP) is 11.6. The van der Waals surface area contributed by atoms with Crippen molar-refractivity contribution in [2.24, 2.45) is 5.73 Å². The van der Waals surface area contributed by atoms with Crippen molar-refractivity contribution >= 4 is 19.8 Å². The summed E-state index contributed by atoms with van der Waals surface area (Å²) in [7, 11) is -4.41. The molecule has 0 aromatic carbocycles. The number of hydrogen-bond donors (Lipinski definition) is 2. The molecule has 0 saturated heterocycles. The molecule has 10 heteroatoms. The van der Waals surface area contributed by atoms with Crippen LogP contribution in [0.3, 0.4) is 0 Å². The summed E-state index contributed by atoms with van der Waals surface area (Å²) in [5, 5.41) is 0. The maximum atomic E-state index is 12.5. The average molecular weight is 786 g/mol. The van der Waals surface area contributed by atoms with E-state index in [9.17, 15) is 19.0 Å². The fraction of sp³-hybridized carbons (Fsp3) is 0.556. The van der Waals surface area contributed by atoms with Gasteiger partial charge < -0.3 is 20.1 Å². The van der Waals surface area contributed by atoms with E-state index in [1.807, 2.05) is 12.2 Å². The molecule has 0 radical (unpaired) electrons. The molecule has 9 nitrogen and oxygen atoms in total. The van der Waals surface area contributed by atoms with Crippen LogP contribution in [0.15, 0.2) is 109 Å². The smallest absolute Gasteiger partial charge is 0.462 e. The summed E-state index contributed by atoms with van der Waals surface area (Å²) < 4.78 is 32.6. The van der Waals surface area contributed by atoms with E-state index in [-0.39, 0.29) is 32.6 Å². The minimum Gasteiger partial charge on any atom is -0.462 e. The van der Waals surface area contributed by atoms with Gasteiger partial charge in [0, 0.05) is 19.4 Å². The summed E-state index contributed by atoms with van der Waals surface area (Å²) in [5.41, 5.74) is 5.33. The van der Waals surface area contributed by atoms with Crippen molar-refractivity contribution in [2.75, 3.05) is 26.4 Å². The third-order valence-corrected chi connectivity index (χ3v) is 8.63. The minimum atomic E-state index is -4.41. The van der Waals surface area contributed by atoms with Gasteiger partial charge in [0.1, 0.15) is 6.61 Å². The van der Waals surface area contributed by atoms with E-state index in [4.69, 9.17) is 24.3 Å². The van der Waals surface area contributed by atoms with Gasteiger partial charge in [0.2, 0.25) is 0 Å². The van der Waals surface area contributed by atoms with Crippen LogP contribution in [0, 0.1) is 0 Å². The summed E-state index contributed by atoms with van der Waals surface area (Å²) in [6, 6.07) is 0. The second-order valence-corrected chi connectivity index (χ2v) is 14.2. The van der Waals surface area contributed by atoms with Gasteiger partial charge in [-0.1, -0.05) is 136 Å². The van der Waals surface area contributed by atoms with E-state index >= 15 is 0 Å². The number of ether oxygens (including phenoxy) is 2. The maximum absolute atomic E-state index is 12.5. The first-order valence-corrected chi connectivity index (χ1v) is 21.9. The Morgan fingerprint density at radius 3 is 1.42 bits per heavy atom. The molecule has 0 aromatic heterocycles. The van der Waals surface area contributed by atoms with Crippen LogP contribution in [-0.4, -0.2) is 49.3 Å². The highest BCUT2D eigenvalue weighted by Crippen LogP contribution is 2.43. The molecule has 0 aliphatic rings. The second-order valence-electron chi connectivity index (χ2n) is 12.8. The summed E-state index contributed by atoms with van der Waals surface area (Å²) in [6.07, 6.45) is 52.8. The molecule has 0 heterocycles. The SMILES string of the molecule is CCC=CCC=CCC=CCC=CCC=CCCCC(=O)OCC(COP(=O)(O)OCCN)OC(=O)CCCC=CCC=CCC=CCC=CCCCCC. The molecule has 0 bridgehead atoms. The quantitative estimate of drug-likeness (QED) is 0.0275. The molecule has 0 aliphatic heterocycles. The fourth-order valence-electron chi connectivity index (χ4n) is 4.66. The van der Waals surface area contributed by atoms with Gasteiger partial charge in [-0.05, 0) is 89.9 Å². The van der Waals surface area contributed by atoms with Crippen LogP contribution in [0.25, 0.3) is 0 Å². The Bertz CT molecular complexity index is 1260. The largest absolute Gasteiger partial charge is 0.472 e. The van der Waals surface area contributed by atoms with Crippen LogP contribution < -0.4 is 5.73 Å². The van der Waals surface area contributed by atoms with E-state index in [0.717, 1.165) is 64.2 Å². The van der Waals surface area contributed by atoms with Crippen LogP contribution in [-0.2, 0) is 32.7 Å². The van der Waals surface area contributed by atoms with E-state index < -0.39 is 32.5 Å². The van der Waals surface area contributed by atoms with Crippen molar-refractivity contribution in [3.8, 4) is 0 Å². The molecule has 0 spiro atoms. The molecule has 0 aliphatic carbocycles. The van der Waals surface area contributed by atoms with Gasteiger partial charge >= 0.3 is 19.8 Å². The Morgan fingerprint density at radius 2 is 0.982 bits per heavy atom. The highest BCUT2D eigenvalue weighted by Gasteiger charge is 2.25. The van der Waals surface area contributed by atoms with Crippen LogP contribution >= 0.6 is 7.82 Å². The van der Waals surface area contributed by atoms with Crippen molar-refractivity contribution in [2.45, 2.75) is 136 Å². The standard InChI is InChI=1S/C45H72NO8P/c1-3-5-7-9-11-13-15-17-19-21-23-25-27-29-31-33-35-37-44(47)51-41-43(42-53-55(49,50)52-40-39-46)54-45(48)38-36-34-32-30-28-26-24-22-20-18-16-14-12-10-8-6-4-2/h5,7,11-14,17-20,23-26,29-32,43H,3-4,6,8-10,15-16,21-22,27-28,33-42,46H2,1-2H3,(H,49,50). The number of rotatable bonds is 36. The Labute approximate surface area is 333 Å². The number of carbonyl (C=O) groups is 2. The Balaban J connectivity index is 4.42. The molecule has 0 rings (SSSR count). The van der Waals surface area contributed by atoms with E-state index in [1.54, 1.807) is 0 Å². The number of unbranched alkanes of at least 4 members (excludes halogenated alkanes) is 5. The lowest BCUT2D eigenvalue weighted by atomic mass is 10.2. The first-order chi connectivity index (χ1) is 26.8. The van der Waals surface area contributed by atoms with Gasteiger partial charge in [-0.2, -0.15) is 0 Å². The number of allylic oxidation sites excluding steroid dienone is 18. The molecule has 0 saturated carbocycles. The molecule has 0 fully saturated rings. The van der Waals surface area contributed by atoms with Crippen molar-refractivity contribution in [3.05, 3.63) is 109 Å². The Morgan fingerprint density at radius 1 is 0.564 bits per heavy atom. The molecule has 0 amide bonds. The van der Waals surface area contributed by atoms with Gasteiger partial charge in [0.15, 0.2) is 6.10 Å². The zero-order chi connectivity index (χ0) is 40.3. The molecule has 0 aromatic rings. The first kappa shape index (κ1) is 51.7. The zero-order valence-electron chi connectivity index (χ0n) is 33.9. The Kier molecular flexibility index (Phi) is 37.9. The van der Waals surface area contributed by atoms with E-state index in [0.29, 0.717) is 19.3 Å². The predicted molar refractivity (Wildman–Crippen MR) is 228 cm³/mol. The summed E-state index contributed by atoms with van der Waals surface area (Å²) in [5.74, 6) is -0.977. The summed E-state index contributed by atoms with van der Waals surface area (Å²) in [4.78, 5) is 34.8. The van der Waals surface area contributed by atoms with Crippen molar-refractivity contribution in [3.63, 3.8) is 0 Å². The topological polar surface area (TPSA) is 134 Å². The van der Waals surface area contributed by atoms with Crippen LogP contribution in [0.2, 0.25) is 0 Å². The van der Waals surface area contributed by atoms with E-state index in [2.05, 4.69) is 111 Å². The fourth-order valence-corrected chi connectivity index (χ4v) is 5.43. The van der Waals surface area contributed by atoms with Gasteiger partial charge in [-0.15, -0.1) is 0 Å². The van der Waals surface area contributed by atoms with Gasteiger partial charge in [0.25, 0.3) is 0 Å². The Hall–Kier alpha value is -3.33. The molecule has 2 atom stereocenters. The van der Waals surface area contributed by atoms with Gasteiger partial charge in [-0.3, -0.25) is 18.6 Å². The van der Waals surface area contributed by atoms with Crippen LogP contribution in [0.4, 0.5) is 0 Å². The van der Waals surface area contributed by atoms with Gasteiger partial charge in [-0.25, -0.2) is 4.57 Å². The number of carbonyl (C=O) groups excluding carboxylic acids is 2. The third kappa shape index (κ3) is 40.2. The number of esters is 2. The zero-order valence-corrected chi connectivity index (χ0v) is 34.7. The van der Waals surface area contributed by atoms with Gasteiger partial charge in [0.05, 0.1) is 13.2 Å². The summed E-state index contributed by atoms with van der Waals surface area (Å²) >= 11 is 0. The first-order valence-electron chi connectivity index (χ1n) is 20.4. The van der Waals surface area contributed by atoms with Crippen molar-refractivity contribution in [1.29, 1.82) is 0 Å². The molecule has 55 heavy (non-hydrogen) atoms. The maximum Gasteiger partial charge on any atom is 0.472 e. The highest BCUT2D eigenvalue weighted by atomic mass is 31.2. The summed E-state index contributed by atoms with van der Waals surface area (Å²) in [6.45, 7) is 3.42. The number of nitrogens with two attached hydrogens (primary N) is 1. The molecular weight excluding hydrogens is 713 g/mol. The average Bonchev–Trinajstić information content (AvgIpc) is 3.17. The van der Waals surface area contributed by atoms with Crippen LogP contribution in [0.5, 0.6) is 0 Å². The number of phosphoric acid groups is 1. The number of hydrogen-bond acceptors (Lipinski definition) is 8.